The van der Waals surface area contributed by atoms with Crippen LogP contribution in [0.5, 0.6) is 0 Å². The van der Waals surface area contributed by atoms with E-state index in [2.05, 4.69) is 55.4 Å². The maximum atomic E-state index is 8.56. The normalized spacial score (nSPS) is 6.90. The predicted molar refractivity (Wildman–Crippen MR) is 85.0 cm³/mol. The molecule has 0 bridgehead atoms. The van der Waals surface area contributed by atoms with Crippen LogP contribution in [0.4, 0.5) is 9.59 Å². The lowest BCUT2D eigenvalue weighted by Gasteiger charge is -1.79. The molecular weight excluding hydrogens is 264 g/mol. The van der Waals surface area contributed by atoms with Crippen molar-refractivity contribution in [1.82, 2.24) is 0 Å². The average molecular weight is 300 g/mol. The second-order valence-electron chi connectivity index (χ2n) is 4.74. The van der Waals surface area contributed by atoms with Crippen molar-refractivity contribution in [2.75, 3.05) is 0 Å². The molecule has 0 spiro atoms. The molecule has 20 heavy (non-hydrogen) atoms. The van der Waals surface area contributed by atoms with Crippen molar-refractivity contribution in [2.45, 2.75) is 69.2 Å². The van der Waals surface area contributed by atoms with E-state index < -0.39 is 12.3 Å². The number of carboxylic acid groups (broad SMARTS) is 4. The lowest BCUT2D eigenvalue weighted by Crippen LogP contribution is -1.81. The molecule has 6 nitrogen and oxygen atoms in total. The summed E-state index contributed by atoms with van der Waals surface area (Å²) in [4.78, 5) is 17.1. The third-order valence-corrected chi connectivity index (χ3v) is 0. The first-order chi connectivity index (χ1) is 8.34. The highest BCUT2D eigenvalue weighted by Gasteiger charge is 1.70. The molecule has 128 valence electrons. The molecule has 0 aromatic rings. The highest BCUT2D eigenvalue weighted by atomic mass is 16.6. The van der Waals surface area contributed by atoms with Gasteiger partial charge in [0, 0.05) is 0 Å². The molecular formula is C14H36O6. The quantitative estimate of drug-likeness (QED) is 0.448. The SMILES string of the molecule is C.CC(C)C.CC(C)C.CCC.O=C(O)O.O=C(O)O. The van der Waals surface area contributed by atoms with E-state index in [-0.39, 0.29) is 7.43 Å². The van der Waals surface area contributed by atoms with Crippen molar-refractivity contribution in [2.24, 2.45) is 11.8 Å². The molecule has 0 aromatic carbocycles. The van der Waals surface area contributed by atoms with Gasteiger partial charge >= 0.3 is 12.3 Å². The maximum absolute atomic E-state index is 8.56. The van der Waals surface area contributed by atoms with E-state index in [0.29, 0.717) is 0 Å². The Morgan fingerprint density at radius 2 is 0.700 bits per heavy atom. The molecule has 0 fully saturated rings. The van der Waals surface area contributed by atoms with Gasteiger partial charge in [0.2, 0.25) is 0 Å². The lowest BCUT2D eigenvalue weighted by molar-refractivity contribution is 0.135. The highest BCUT2D eigenvalue weighted by Crippen LogP contribution is 1.81. The fourth-order valence-corrected chi connectivity index (χ4v) is 0. The molecule has 0 atom stereocenters. The van der Waals surface area contributed by atoms with E-state index in [1.165, 1.54) is 6.42 Å². The van der Waals surface area contributed by atoms with E-state index in [4.69, 9.17) is 30.0 Å². The third-order valence-electron chi connectivity index (χ3n) is 0. The van der Waals surface area contributed by atoms with Gasteiger partial charge in [0.25, 0.3) is 0 Å². The molecule has 0 aliphatic carbocycles. The second-order valence-corrected chi connectivity index (χ2v) is 4.74. The number of hydrogen-bond donors (Lipinski definition) is 4. The van der Waals surface area contributed by atoms with Gasteiger partial charge in [-0.15, -0.1) is 0 Å². The van der Waals surface area contributed by atoms with Crippen LogP contribution < -0.4 is 0 Å². The van der Waals surface area contributed by atoms with Crippen LogP contribution in [-0.2, 0) is 0 Å². The molecule has 0 aromatic heterocycles. The van der Waals surface area contributed by atoms with Crippen LogP contribution in [0.15, 0.2) is 0 Å². The minimum atomic E-state index is -1.83. The van der Waals surface area contributed by atoms with E-state index in [9.17, 15) is 0 Å². The van der Waals surface area contributed by atoms with Crippen LogP contribution in [0.25, 0.3) is 0 Å². The van der Waals surface area contributed by atoms with Crippen molar-refractivity contribution in [3.63, 3.8) is 0 Å². The second kappa shape index (κ2) is 36.0. The first kappa shape index (κ1) is 36.3. The van der Waals surface area contributed by atoms with Crippen molar-refractivity contribution < 1.29 is 30.0 Å². The Hall–Kier alpha value is -1.46. The lowest BCUT2D eigenvalue weighted by atomic mass is 10.3. The Bertz CT molecular complexity index is 136. The predicted octanol–water partition coefficient (Wildman–Crippen LogP) is 5.82. The van der Waals surface area contributed by atoms with Gasteiger partial charge in [0.05, 0.1) is 0 Å². The molecule has 0 amide bonds. The molecule has 4 N–H and O–H groups in total. The molecule has 0 saturated heterocycles. The largest absolute Gasteiger partial charge is 0.503 e. The van der Waals surface area contributed by atoms with E-state index in [1.54, 1.807) is 0 Å². The molecule has 0 saturated carbocycles. The monoisotopic (exact) mass is 300 g/mol. The minimum Gasteiger partial charge on any atom is -0.450 e. The standard InChI is InChI=1S/2C4H10.C3H8.2CH2O3.CH4/c2*1-4(2)3;1-3-2;2*2-1(3)4;/h2*4H,1-3H3;3H2,1-2H3;2*(H2,2,3,4);1H4. The molecule has 0 radical (unpaired) electrons. The first-order valence-corrected chi connectivity index (χ1v) is 6.18. The summed E-state index contributed by atoms with van der Waals surface area (Å²) in [6.07, 6.45) is -2.42. The van der Waals surface area contributed by atoms with Crippen LogP contribution in [0.2, 0.25) is 0 Å². The fraction of sp³-hybridized carbons (Fsp3) is 0.857. The summed E-state index contributed by atoms with van der Waals surface area (Å²) < 4.78 is 0. The molecule has 0 unspecified atom stereocenters. The number of carbonyl (C=O) groups is 2. The summed E-state index contributed by atoms with van der Waals surface area (Å²) in [5.74, 6) is 1.67. The Balaban J connectivity index is -0.0000000304. The van der Waals surface area contributed by atoms with Gasteiger partial charge in [-0.2, -0.15) is 0 Å². The third kappa shape index (κ3) is 1870. The first-order valence-electron chi connectivity index (χ1n) is 6.18. The van der Waals surface area contributed by atoms with Crippen molar-refractivity contribution in [3.8, 4) is 0 Å². The zero-order valence-corrected chi connectivity index (χ0v) is 13.5. The van der Waals surface area contributed by atoms with Crippen LogP contribution in [-0.4, -0.2) is 32.7 Å². The summed E-state index contributed by atoms with van der Waals surface area (Å²) >= 11 is 0. The number of rotatable bonds is 0. The van der Waals surface area contributed by atoms with Crippen molar-refractivity contribution >= 4 is 12.3 Å². The summed E-state index contributed by atoms with van der Waals surface area (Å²) in [7, 11) is 0. The van der Waals surface area contributed by atoms with Gasteiger partial charge in [-0.25, -0.2) is 9.59 Å². The van der Waals surface area contributed by atoms with Crippen LogP contribution in [0.1, 0.15) is 69.2 Å². The fourth-order valence-electron chi connectivity index (χ4n) is 0. The Kier molecular flexibility index (Phi) is 65.3. The van der Waals surface area contributed by atoms with E-state index in [0.717, 1.165) is 11.8 Å². The zero-order chi connectivity index (χ0) is 17.0. The topological polar surface area (TPSA) is 115 Å². The minimum absolute atomic E-state index is 0. The highest BCUT2D eigenvalue weighted by molar-refractivity contribution is 5.53. The van der Waals surface area contributed by atoms with Crippen LogP contribution in [0, 0.1) is 11.8 Å². The van der Waals surface area contributed by atoms with E-state index >= 15 is 0 Å². The molecule has 6 heteroatoms. The maximum Gasteiger partial charge on any atom is 0.503 e. The van der Waals surface area contributed by atoms with Gasteiger partial charge < -0.3 is 20.4 Å². The Morgan fingerprint density at radius 3 is 0.700 bits per heavy atom. The van der Waals surface area contributed by atoms with Gasteiger partial charge in [-0.3, -0.25) is 0 Å². The molecule has 0 aliphatic heterocycles. The van der Waals surface area contributed by atoms with Crippen LogP contribution >= 0.6 is 0 Å². The van der Waals surface area contributed by atoms with Gasteiger partial charge in [-0.05, 0) is 11.8 Å². The molecule has 0 heterocycles. The van der Waals surface area contributed by atoms with Gasteiger partial charge in [-0.1, -0.05) is 69.2 Å². The van der Waals surface area contributed by atoms with Crippen molar-refractivity contribution in [1.29, 1.82) is 0 Å². The Morgan fingerprint density at radius 1 is 0.700 bits per heavy atom. The summed E-state index contributed by atoms with van der Waals surface area (Å²) in [6.45, 7) is 17.2. The number of hydrogen-bond acceptors (Lipinski definition) is 2. The van der Waals surface area contributed by atoms with Gasteiger partial charge in [0.1, 0.15) is 0 Å². The van der Waals surface area contributed by atoms with Crippen LogP contribution in [0.3, 0.4) is 0 Å². The van der Waals surface area contributed by atoms with E-state index in [1.807, 2.05) is 0 Å². The van der Waals surface area contributed by atoms with Gasteiger partial charge in [0.15, 0.2) is 0 Å². The smallest absolute Gasteiger partial charge is 0.450 e. The molecule has 0 rings (SSSR count). The van der Waals surface area contributed by atoms with Crippen molar-refractivity contribution in [3.05, 3.63) is 0 Å². The molecule has 0 aliphatic rings. The average Bonchev–Trinajstić information content (AvgIpc) is 1.97. The summed E-state index contributed by atoms with van der Waals surface area (Å²) in [5, 5.41) is 27.9. The zero-order valence-electron chi connectivity index (χ0n) is 13.5. The summed E-state index contributed by atoms with van der Waals surface area (Å²) in [6, 6.07) is 0. The summed E-state index contributed by atoms with van der Waals surface area (Å²) in [5.41, 5.74) is 0. The Labute approximate surface area is 124 Å².